The number of hydrogen-bond acceptors (Lipinski definition) is 7. The van der Waals surface area contributed by atoms with Crippen LogP contribution in [-0.4, -0.2) is 58.6 Å². The molecule has 1 aromatic carbocycles. The third-order valence-corrected chi connectivity index (χ3v) is 8.33. The van der Waals surface area contributed by atoms with Crippen molar-refractivity contribution in [2.75, 3.05) is 24.6 Å². The van der Waals surface area contributed by atoms with Crippen LogP contribution in [0.25, 0.3) is 11.0 Å². The molecule has 0 spiro atoms. The van der Waals surface area contributed by atoms with Gasteiger partial charge in [0.2, 0.25) is 5.88 Å². The standard InChI is InChI=1S/C20H23BrClN5O3S/c21-18-17(4-3-16-19(18)24-25-27(16)11-13-1-2-13)30-20-14(9-15(22)10-23-20)12-26-5-7-31(28,29)8-6-26/h3-4,9-10,13,28-29H,1-2,5-8,11-12H2. The Morgan fingerprint density at radius 3 is 2.74 bits per heavy atom. The number of rotatable bonds is 6. The number of pyridine rings is 1. The summed E-state index contributed by atoms with van der Waals surface area (Å²) in [4.78, 5) is 6.56. The minimum atomic E-state index is -2.44. The van der Waals surface area contributed by atoms with Gasteiger partial charge in [-0.05, 0) is 52.9 Å². The monoisotopic (exact) mass is 527 g/mol. The van der Waals surface area contributed by atoms with Crippen LogP contribution in [0.5, 0.6) is 11.6 Å². The lowest BCUT2D eigenvalue weighted by Gasteiger charge is -2.41. The first kappa shape index (κ1) is 21.4. The first-order chi connectivity index (χ1) is 14.9. The van der Waals surface area contributed by atoms with Gasteiger partial charge in [0.25, 0.3) is 0 Å². The molecule has 2 fully saturated rings. The van der Waals surface area contributed by atoms with Gasteiger partial charge in [-0.3, -0.25) is 14.0 Å². The molecule has 2 aliphatic rings. The number of fused-ring (bicyclic) bond motifs is 1. The van der Waals surface area contributed by atoms with Crippen LogP contribution in [0, 0.1) is 5.92 Å². The molecule has 3 heterocycles. The minimum Gasteiger partial charge on any atom is -0.437 e. The lowest BCUT2D eigenvalue weighted by Crippen LogP contribution is -2.37. The van der Waals surface area contributed by atoms with Crippen LogP contribution in [0.3, 0.4) is 0 Å². The van der Waals surface area contributed by atoms with Crippen molar-refractivity contribution < 1.29 is 13.8 Å². The molecule has 11 heteroatoms. The van der Waals surface area contributed by atoms with Crippen molar-refractivity contribution in [3.63, 3.8) is 0 Å². The van der Waals surface area contributed by atoms with E-state index in [9.17, 15) is 9.11 Å². The molecule has 166 valence electrons. The van der Waals surface area contributed by atoms with E-state index in [1.54, 1.807) is 6.20 Å². The highest BCUT2D eigenvalue weighted by molar-refractivity contribution is 9.10. The zero-order valence-electron chi connectivity index (χ0n) is 16.7. The van der Waals surface area contributed by atoms with Crippen molar-refractivity contribution in [1.29, 1.82) is 0 Å². The second-order valence-electron chi connectivity index (χ2n) is 8.17. The van der Waals surface area contributed by atoms with Gasteiger partial charge in [-0.25, -0.2) is 9.67 Å². The van der Waals surface area contributed by atoms with E-state index in [-0.39, 0.29) is 0 Å². The molecular formula is C20H23BrClN5O3S. The lowest BCUT2D eigenvalue weighted by atomic mass is 10.2. The summed E-state index contributed by atoms with van der Waals surface area (Å²) in [5.41, 5.74) is 2.58. The molecule has 31 heavy (non-hydrogen) atoms. The highest BCUT2D eigenvalue weighted by Crippen LogP contribution is 2.41. The van der Waals surface area contributed by atoms with Crippen molar-refractivity contribution >= 4 is 49.2 Å². The average Bonchev–Trinajstić information content (AvgIpc) is 3.46. The van der Waals surface area contributed by atoms with Crippen molar-refractivity contribution in [3.05, 3.63) is 39.5 Å². The molecule has 0 atom stereocenters. The zero-order chi connectivity index (χ0) is 21.6. The number of halogens is 2. The molecule has 5 rings (SSSR count). The number of nitrogens with zero attached hydrogens (tertiary/aromatic N) is 5. The molecule has 1 saturated heterocycles. The smallest absolute Gasteiger partial charge is 0.223 e. The fourth-order valence-electron chi connectivity index (χ4n) is 3.69. The largest absolute Gasteiger partial charge is 0.437 e. The zero-order valence-corrected chi connectivity index (χ0v) is 19.9. The van der Waals surface area contributed by atoms with Gasteiger partial charge in [-0.2, -0.15) is 10.6 Å². The lowest BCUT2D eigenvalue weighted by molar-refractivity contribution is 0.273. The van der Waals surface area contributed by atoms with Crippen LogP contribution in [0.2, 0.25) is 5.02 Å². The summed E-state index contributed by atoms with van der Waals surface area (Å²) in [5, 5.41) is 9.17. The van der Waals surface area contributed by atoms with Gasteiger partial charge in [0.1, 0.15) is 11.3 Å². The van der Waals surface area contributed by atoms with E-state index in [1.165, 1.54) is 12.8 Å². The third kappa shape index (κ3) is 4.84. The van der Waals surface area contributed by atoms with Gasteiger partial charge in [-0.1, -0.05) is 16.8 Å². The van der Waals surface area contributed by atoms with E-state index < -0.39 is 10.6 Å². The molecule has 1 aliphatic carbocycles. The van der Waals surface area contributed by atoms with Gasteiger partial charge in [0, 0.05) is 37.9 Å². The molecule has 0 amide bonds. The summed E-state index contributed by atoms with van der Waals surface area (Å²) in [6.45, 7) is 2.67. The summed E-state index contributed by atoms with van der Waals surface area (Å²) >= 11 is 9.83. The molecular weight excluding hydrogens is 506 g/mol. The second kappa shape index (κ2) is 8.49. The third-order valence-electron chi connectivity index (χ3n) is 5.68. The summed E-state index contributed by atoms with van der Waals surface area (Å²) in [6, 6.07) is 5.72. The maximum absolute atomic E-state index is 9.86. The molecule has 8 nitrogen and oxygen atoms in total. The number of ether oxygens (including phenoxy) is 1. The fraction of sp³-hybridized carbons (Fsp3) is 0.450. The molecule has 1 saturated carbocycles. The van der Waals surface area contributed by atoms with E-state index >= 15 is 0 Å². The number of hydrogen-bond donors (Lipinski definition) is 2. The van der Waals surface area contributed by atoms with E-state index in [0.717, 1.165) is 27.6 Å². The molecule has 2 aromatic heterocycles. The number of aromatic nitrogens is 4. The Morgan fingerprint density at radius 2 is 2.00 bits per heavy atom. The Kier molecular flexibility index (Phi) is 5.87. The highest BCUT2D eigenvalue weighted by Gasteiger charge is 2.25. The summed E-state index contributed by atoms with van der Waals surface area (Å²) in [7, 11) is -2.44. The van der Waals surface area contributed by atoms with Crippen LogP contribution in [0.15, 0.2) is 28.9 Å². The Labute approximate surface area is 195 Å². The molecule has 2 N–H and O–H groups in total. The summed E-state index contributed by atoms with van der Waals surface area (Å²) in [6.07, 6.45) is 4.07. The fourth-order valence-corrected chi connectivity index (χ4v) is 5.67. The van der Waals surface area contributed by atoms with E-state index in [1.807, 2.05) is 22.9 Å². The molecule has 1 aliphatic heterocycles. The predicted molar refractivity (Wildman–Crippen MR) is 125 cm³/mol. The molecule has 0 unspecified atom stereocenters. The molecule has 3 aromatic rings. The first-order valence-electron chi connectivity index (χ1n) is 10.2. The highest BCUT2D eigenvalue weighted by atomic mass is 79.9. The Bertz CT molecular complexity index is 1110. The minimum absolute atomic E-state index is 0.385. The SMILES string of the molecule is OS1(O)CCN(Cc2cc(Cl)cnc2Oc2ccc3c(nnn3CC3CC3)c2Br)CC1. The van der Waals surface area contributed by atoms with Crippen LogP contribution >= 0.6 is 38.1 Å². The molecule has 0 radical (unpaired) electrons. The molecule has 0 bridgehead atoms. The maximum Gasteiger partial charge on any atom is 0.223 e. The van der Waals surface area contributed by atoms with Crippen LogP contribution in [0.1, 0.15) is 18.4 Å². The summed E-state index contributed by atoms with van der Waals surface area (Å²) in [5.74, 6) is 2.55. The van der Waals surface area contributed by atoms with Gasteiger partial charge in [0.15, 0.2) is 0 Å². The Balaban J connectivity index is 1.38. The Morgan fingerprint density at radius 1 is 1.23 bits per heavy atom. The van der Waals surface area contributed by atoms with Gasteiger partial charge in [-0.15, -0.1) is 5.10 Å². The maximum atomic E-state index is 9.86. The van der Waals surface area contributed by atoms with Crippen LogP contribution in [0.4, 0.5) is 0 Å². The van der Waals surface area contributed by atoms with Crippen molar-refractivity contribution in [2.24, 2.45) is 5.92 Å². The predicted octanol–water partition coefficient (Wildman–Crippen LogP) is 5.01. The van der Waals surface area contributed by atoms with E-state index in [0.29, 0.717) is 53.7 Å². The number of benzene rings is 1. The van der Waals surface area contributed by atoms with Crippen molar-refractivity contribution in [3.8, 4) is 11.6 Å². The van der Waals surface area contributed by atoms with Crippen molar-refractivity contribution in [2.45, 2.75) is 25.9 Å². The van der Waals surface area contributed by atoms with Crippen molar-refractivity contribution in [1.82, 2.24) is 24.9 Å². The average molecular weight is 529 g/mol. The van der Waals surface area contributed by atoms with Crippen LogP contribution in [-0.2, 0) is 13.1 Å². The topological polar surface area (TPSA) is 96.5 Å². The Hall–Kier alpha value is -1.43. The van der Waals surface area contributed by atoms with Gasteiger partial charge >= 0.3 is 0 Å². The quantitative estimate of drug-likeness (QED) is 0.464. The van der Waals surface area contributed by atoms with E-state index in [4.69, 9.17) is 16.3 Å². The van der Waals surface area contributed by atoms with E-state index in [2.05, 4.69) is 36.1 Å². The second-order valence-corrected chi connectivity index (χ2v) is 11.8. The van der Waals surface area contributed by atoms with Gasteiger partial charge in [0.05, 0.1) is 26.5 Å². The first-order valence-corrected chi connectivity index (χ1v) is 13.2. The van der Waals surface area contributed by atoms with Gasteiger partial charge < -0.3 is 4.74 Å². The summed E-state index contributed by atoms with van der Waals surface area (Å²) < 4.78 is 28.6. The van der Waals surface area contributed by atoms with Crippen LogP contribution < -0.4 is 4.74 Å². The normalized spacial score (nSPS) is 20.1.